The SMILES string of the molecule is C=CCOc1c(I)cc(C2C3=C(CC(C)(C)CC3=O)N(Cc3ccccc3)C3=C2C(=O)CC(C)(C)C3)cc1OCC. The van der Waals surface area contributed by atoms with E-state index in [-0.39, 0.29) is 22.4 Å². The summed E-state index contributed by atoms with van der Waals surface area (Å²) in [6.07, 6.45) is 4.18. The Balaban J connectivity index is 1.76. The third kappa shape index (κ3) is 5.90. The van der Waals surface area contributed by atoms with Crippen molar-refractivity contribution in [3.05, 3.63) is 92.4 Å². The number of carbonyl (C=O) groups is 2. The van der Waals surface area contributed by atoms with Crippen molar-refractivity contribution in [2.24, 2.45) is 10.8 Å². The van der Waals surface area contributed by atoms with Crippen molar-refractivity contribution in [2.45, 2.75) is 72.8 Å². The van der Waals surface area contributed by atoms with Gasteiger partial charge in [-0.05, 0) is 76.4 Å². The number of carbonyl (C=O) groups excluding carboxylic acids is 2. The van der Waals surface area contributed by atoms with Crippen LogP contribution in [0.3, 0.4) is 0 Å². The molecule has 0 amide bonds. The Morgan fingerprint density at radius 3 is 2.05 bits per heavy atom. The van der Waals surface area contributed by atoms with Crippen LogP contribution in [-0.2, 0) is 16.1 Å². The Bertz CT molecular complexity index is 1400. The van der Waals surface area contributed by atoms with Gasteiger partial charge in [0.1, 0.15) is 6.61 Å². The molecule has 3 aliphatic rings. The summed E-state index contributed by atoms with van der Waals surface area (Å²) in [5.41, 5.74) is 5.38. The van der Waals surface area contributed by atoms with Crippen molar-refractivity contribution < 1.29 is 19.1 Å². The number of Topliss-reactive ketones (excluding diaryl/α,β-unsaturated/α-hetero) is 2. The molecule has 0 saturated carbocycles. The minimum absolute atomic E-state index is 0.128. The van der Waals surface area contributed by atoms with E-state index in [4.69, 9.17) is 9.47 Å². The lowest BCUT2D eigenvalue weighted by molar-refractivity contribution is -0.119. The third-order valence-electron chi connectivity index (χ3n) is 8.22. The number of hydrogen-bond donors (Lipinski definition) is 0. The number of ether oxygens (including phenoxy) is 2. The molecule has 0 radical (unpaired) electrons. The van der Waals surface area contributed by atoms with E-state index in [2.05, 4.69) is 80.0 Å². The molecule has 1 heterocycles. The Kier molecular flexibility index (Phi) is 8.25. The average molecular weight is 666 g/mol. The van der Waals surface area contributed by atoms with E-state index in [0.717, 1.165) is 50.1 Å². The highest BCUT2D eigenvalue weighted by atomic mass is 127. The first kappa shape index (κ1) is 29.6. The number of hydrogen-bond acceptors (Lipinski definition) is 5. The topological polar surface area (TPSA) is 55.8 Å². The largest absolute Gasteiger partial charge is 0.490 e. The zero-order chi connectivity index (χ0) is 29.5. The van der Waals surface area contributed by atoms with Gasteiger partial charge >= 0.3 is 0 Å². The van der Waals surface area contributed by atoms with Gasteiger partial charge in [-0.25, -0.2) is 0 Å². The van der Waals surface area contributed by atoms with Crippen molar-refractivity contribution in [3.63, 3.8) is 0 Å². The molecular formula is C35H40INO4. The quantitative estimate of drug-likeness (QED) is 0.211. The molecule has 2 aromatic rings. The summed E-state index contributed by atoms with van der Waals surface area (Å²) in [7, 11) is 0. The first-order valence-corrected chi connectivity index (χ1v) is 15.6. The molecule has 0 saturated heterocycles. The standard InChI is InChI=1S/C35H40INO4/c1-7-14-41-33-24(36)15-23(16-29(33)40-8-2)30-31-25(17-34(3,4)19-27(31)38)37(21-22-12-10-9-11-13-22)26-18-35(5,6)20-28(39)32(26)30/h7,9-13,15-16,30H,1,8,14,17-21H2,2-6H3. The highest BCUT2D eigenvalue weighted by Crippen LogP contribution is 2.55. The number of nitrogens with zero attached hydrogens (tertiary/aromatic N) is 1. The summed E-state index contributed by atoms with van der Waals surface area (Å²) >= 11 is 2.27. The Hall–Kier alpha value is -2.87. The van der Waals surface area contributed by atoms with Gasteiger partial charge in [-0.3, -0.25) is 9.59 Å². The zero-order valence-corrected chi connectivity index (χ0v) is 27.0. The van der Waals surface area contributed by atoms with Crippen LogP contribution in [0.25, 0.3) is 0 Å². The van der Waals surface area contributed by atoms with Gasteiger partial charge in [0.15, 0.2) is 23.1 Å². The molecule has 2 aromatic carbocycles. The van der Waals surface area contributed by atoms with E-state index in [1.54, 1.807) is 6.08 Å². The van der Waals surface area contributed by atoms with Crippen LogP contribution in [0, 0.1) is 14.4 Å². The van der Waals surface area contributed by atoms with Gasteiger partial charge in [0.05, 0.1) is 10.2 Å². The third-order valence-corrected chi connectivity index (χ3v) is 9.02. The highest BCUT2D eigenvalue weighted by Gasteiger charge is 2.49. The first-order valence-electron chi connectivity index (χ1n) is 14.5. The number of allylic oxidation sites excluding steroid dienone is 4. The summed E-state index contributed by atoms with van der Waals surface area (Å²) in [6, 6.07) is 14.4. The van der Waals surface area contributed by atoms with Crippen molar-refractivity contribution in [1.29, 1.82) is 0 Å². The van der Waals surface area contributed by atoms with Crippen LogP contribution in [0.2, 0.25) is 0 Å². The van der Waals surface area contributed by atoms with Crippen molar-refractivity contribution in [1.82, 2.24) is 4.90 Å². The lowest BCUT2D eigenvalue weighted by Gasteiger charge is -2.49. The second-order valence-electron chi connectivity index (χ2n) is 13.0. The van der Waals surface area contributed by atoms with E-state index in [9.17, 15) is 9.59 Å². The van der Waals surface area contributed by atoms with Crippen LogP contribution in [-0.4, -0.2) is 29.7 Å². The predicted octanol–water partition coefficient (Wildman–Crippen LogP) is 8.14. The fraction of sp³-hybridized carbons (Fsp3) is 0.429. The van der Waals surface area contributed by atoms with E-state index in [0.29, 0.717) is 44.1 Å². The van der Waals surface area contributed by atoms with Crippen LogP contribution in [0.5, 0.6) is 11.5 Å². The first-order chi connectivity index (χ1) is 19.4. The predicted molar refractivity (Wildman–Crippen MR) is 171 cm³/mol. The van der Waals surface area contributed by atoms with Crippen molar-refractivity contribution in [2.75, 3.05) is 13.2 Å². The number of benzene rings is 2. The van der Waals surface area contributed by atoms with Crippen molar-refractivity contribution >= 4 is 34.2 Å². The summed E-state index contributed by atoms with van der Waals surface area (Å²) in [4.78, 5) is 30.6. The lowest BCUT2D eigenvalue weighted by Crippen LogP contribution is -2.44. The summed E-state index contributed by atoms with van der Waals surface area (Å²) in [5.74, 6) is 1.11. The maximum Gasteiger partial charge on any atom is 0.174 e. The van der Waals surface area contributed by atoms with Crippen LogP contribution in [0.1, 0.15) is 77.3 Å². The molecule has 0 bridgehead atoms. The van der Waals surface area contributed by atoms with Gasteiger partial charge in [-0.1, -0.05) is 70.7 Å². The molecule has 0 atom stereocenters. The molecule has 5 rings (SSSR count). The van der Waals surface area contributed by atoms with Crippen LogP contribution >= 0.6 is 22.6 Å². The molecule has 0 unspecified atom stereocenters. The summed E-state index contributed by atoms with van der Waals surface area (Å²) in [5, 5.41) is 0. The fourth-order valence-corrected chi connectivity index (χ4v) is 7.42. The summed E-state index contributed by atoms with van der Waals surface area (Å²) in [6.45, 7) is 15.9. The van der Waals surface area contributed by atoms with Gasteiger partial charge in [-0.15, -0.1) is 0 Å². The van der Waals surface area contributed by atoms with Gasteiger partial charge in [0.2, 0.25) is 0 Å². The maximum absolute atomic E-state index is 14.2. The van der Waals surface area contributed by atoms with Gasteiger partial charge in [0, 0.05) is 47.8 Å². The molecule has 216 valence electrons. The molecule has 0 N–H and O–H groups in total. The minimum atomic E-state index is -0.430. The van der Waals surface area contributed by atoms with Crippen LogP contribution in [0.4, 0.5) is 0 Å². The van der Waals surface area contributed by atoms with Gasteiger partial charge in [0.25, 0.3) is 0 Å². The Morgan fingerprint density at radius 2 is 1.51 bits per heavy atom. The van der Waals surface area contributed by atoms with Crippen molar-refractivity contribution in [3.8, 4) is 11.5 Å². The summed E-state index contributed by atoms with van der Waals surface area (Å²) < 4.78 is 12.9. The van der Waals surface area contributed by atoms with E-state index in [1.807, 2.05) is 31.2 Å². The number of ketones is 2. The molecule has 2 aliphatic carbocycles. The molecule has 0 aromatic heterocycles. The average Bonchev–Trinajstić information content (AvgIpc) is 2.88. The molecule has 1 aliphatic heterocycles. The van der Waals surface area contributed by atoms with E-state index >= 15 is 0 Å². The monoisotopic (exact) mass is 665 g/mol. The Labute approximate surface area is 257 Å². The van der Waals surface area contributed by atoms with Gasteiger partial charge < -0.3 is 14.4 Å². The fourth-order valence-electron chi connectivity index (χ4n) is 6.64. The molecule has 6 heteroatoms. The second kappa shape index (κ2) is 11.4. The number of rotatable bonds is 8. The van der Waals surface area contributed by atoms with E-state index < -0.39 is 5.92 Å². The minimum Gasteiger partial charge on any atom is -0.490 e. The molecule has 0 fully saturated rings. The van der Waals surface area contributed by atoms with Crippen LogP contribution in [0.15, 0.2) is 77.7 Å². The lowest BCUT2D eigenvalue weighted by atomic mass is 9.63. The number of halogens is 1. The smallest absolute Gasteiger partial charge is 0.174 e. The Morgan fingerprint density at radius 1 is 0.927 bits per heavy atom. The van der Waals surface area contributed by atoms with E-state index in [1.165, 1.54) is 0 Å². The molecule has 0 spiro atoms. The molecule has 5 nitrogen and oxygen atoms in total. The highest BCUT2D eigenvalue weighted by molar-refractivity contribution is 14.1. The zero-order valence-electron chi connectivity index (χ0n) is 24.8. The molecule has 41 heavy (non-hydrogen) atoms. The van der Waals surface area contributed by atoms with Crippen LogP contribution < -0.4 is 9.47 Å². The maximum atomic E-state index is 14.2. The van der Waals surface area contributed by atoms with Gasteiger partial charge in [-0.2, -0.15) is 0 Å². The molecular weight excluding hydrogens is 625 g/mol. The normalized spacial score (nSPS) is 20.1. The second-order valence-corrected chi connectivity index (χ2v) is 14.1.